The summed E-state index contributed by atoms with van der Waals surface area (Å²) < 4.78 is 15.9. The first-order valence-corrected chi connectivity index (χ1v) is 10.5. The van der Waals surface area contributed by atoms with Crippen LogP contribution in [-0.2, 0) is 20.7 Å². The molecule has 28 heavy (non-hydrogen) atoms. The van der Waals surface area contributed by atoms with Crippen molar-refractivity contribution >= 4 is 11.9 Å². The van der Waals surface area contributed by atoms with E-state index >= 15 is 0 Å². The standard InChI is InChI=1S/C22H29NO5/c1-2-26-22(25)18-12-16(18)13-23(17-6-4-3-5-7-17)21(24)11-15-8-9-19-20(10-15)28-14-27-19/h8-10,16-18H,2-7,11-14H2,1H3/t16-,18+/m1/s1. The smallest absolute Gasteiger partial charge is 0.309 e. The van der Waals surface area contributed by atoms with Gasteiger partial charge in [-0.2, -0.15) is 0 Å². The van der Waals surface area contributed by atoms with Crippen LogP contribution in [-0.4, -0.2) is 42.8 Å². The number of fused-ring (bicyclic) bond motifs is 1. The largest absolute Gasteiger partial charge is 0.466 e. The van der Waals surface area contributed by atoms with Crippen LogP contribution in [0, 0.1) is 11.8 Å². The normalized spacial score (nSPS) is 23.3. The Labute approximate surface area is 166 Å². The van der Waals surface area contributed by atoms with Gasteiger partial charge in [-0.1, -0.05) is 25.3 Å². The summed E-state index contributed by atoms with van der Waals surface area (Å²) in [6.07, 6.45) is 6.89. The van der Waals surface area contributed by atoms with E-state index in [2.05, 4.69) is 0 Å². The molecule has 0 saturated heterocycles. The van der Waals surface area contributed by atoms with Crippen LogP contribution in [0.5, 0.6) is 11.5 Å². The first-order valence-electron chi connectivity index (χ1n) is 10.5. The third-order valence-electron chi connectivity index (χ3n) is 6.07. The van der Waals surface area contributed by atoms with Gasteiger partial charge in [0.25, 0.3) is 0 Å². The Morgan fingerprint density at radius 2 is 1.93 bits per heavy atom. The van der Waals surface area contributed by atoms with Crippen molar-refractivity contribution in [1.82, 2.24) is 4.90 Å². The molecule has 1 aromatic carbocycles. The van der Waals surface area contributed by atoms with Crippen LogP contribution in [0.3, 0.4) is 0 Å². The van der Waals surface area contributed by atoms with Crippen molar-refractivity contribution in [1.29, 1.82) is 0 Å². The molecule has 2 aliphatic carbocycles. The van der Waals surface area contributed by atoms with E-state index in [1.165, 1.54) is 19.3 Å². The molecular weight excluding hydrogens is 358 g/mol. The zero-order valence-corrected chi connectivity index (χ0v) is 16.5. The third-order valence-corrected chi connectivity index (χ3v) is 6.07. The van der Waals surface area contributed by atoms with Crippen LogP contribution in [0.25, 0.3) is 0 Å². The zero-order chi connectivity index (χ0) is 19.5. The maximum atomic E-state index is 13.2. The first kappa shape index (κ1) is 19.1. The summed E-state index contributed by atoms with van der Waals surface area (Å²) in [4.78, 5) is 27.3. The molecule has 1 heterocycles. The summed E-state index contributed by atoms with van der Waals surface area (Å²) in [5.41, 5.74) is 0.938. The Kier molecular flexibility index (Phi) is 5.74. The molecule has 1 aromatic rings. The van der Waals surface area contributed by atoms with Crippen molar-refractivity contribution in [3.8, 4) is 11.5 Å². The number of esters is 1. The van der Waals surface area contributed by atoms with E-state index in [0.717, 1.165) is 30.6 Å². The van der Waals surface area contributed by atoms with Gasteiger partial charge in [-0.25, -0.2) is 0 Å². The molecule has 6 nitrogen and oxygen atoms in total. The maximum Gasteiger partial charge on any atom is 0.309 e. The molecule has 0 radical (unpaired) electrons. The van der Waals surface area contributed by atoms with Gasteiger partial charge in [0.2, 0.25) is 12.7 Å². The lowest BCUT2D eigenvalue weighted by molar-refractivity contribution is -0.145. The average Bonchev–Trinajstić information content (AvgIpc) is 3.33. The predicted molar refractivity (Wildman–Crippen MR) is 103 cm³/mol. The van der Waals surface area contributed by atoms with Gasteiger partial charge < -0.3 is 19.1 Å². The summed E-state index contributed by atoms with van der Waals surface area (Å²) in [5.74, 6) is 1.67. The molecule has 2 atom stereocenters. The number of nitrogens with zero attached hydrogens (tertiary/aromatic N) is 1. The first-order chi connectivity index (χ1) is 13.7. The number of hydrogen-bond donors (Lipinski definition) is 0. The van der Waals surface area contributed by atoms with E-state index in [0.29, 0.717) is 31.4 Å². The fraction of sp³-hybridized carbons (Fsp3) is 0.636. The fourth-order valence-electron chi connectivity index (χ4n) is 4.41. The van der Waals surface area contributed by atoms with Gasteiger partial charge >= 0.3 is 5.97 Å². The lowest BCUT2D eigenvalue weighted by Gasteiger charge is -2.35. The van der Waals surface area contributed by atoms with Crippen molar-refractivity contribution < 1.29 is 23.8 Å². The molecule has 152 valence electrons. The summed E-state index contributed by atoms with van der Waals surface area (Å²) in [7, 11) is 0. The number of hydrogen-bond acceptors (Lipinski definition) is 5. The molecule has 0 unspecified atom stereocenters. The van der Waals surface area contributed by atoms with Gasteiger partial charge in [0.05, 0.1) is 18.9 Å². The lowest BCUT2D eigenvalue weighted by Crippen LogP contribution is -2.43. The number of rotatable bonds is 7. The third kappa shape index (κ3) is 4.26. The highest BCUT2D eigenvalue weighted by molar-refractivity contribution is 5.80. The highest BCUT2D eigenvalue weighted by Crippen LogP contribution is 2.41. The van der Waals surface area contributed by atoms with E-state index in [1.807, 2.05) is 30.0 Å². The van der Waals surface area contributed by atoms with Gasteiger partial charge in [0.15, 0.2) is 11.5 Å². The van der Waals surface area contributed by atoms with Crippen molar-refractivity contribution in [2.45, 2.75) is 57.9 Å². The fourth-order valence-corrected chi connectivity index (χ4v) is 4.41. The molecular formula is C22H29NO5. The molecule has 0 N–H and O–H groups in total. The maximum absolute atomic E-state index is 13.2. The molecule has 1 amide bonds. The van der Waals surface area contributed by atoms with Crippen molar-refractivity contribution in [2.24, 2.45) is 11.8 Å². The van der Waals surface area contributed by atoms with Gasteiger partial charge in [0, 0.05) is 12.6 Å². The minimum atomic E-state index is -0.112. The Bertz CT molecular complexity index is 728. The van der Waals surface area contributed by atoms with Gasteiger partial charge in [0.1, 0.15) is 0 Å². The lowest BCUT2D eigenvalue weighted by atomic mass is 9.93. The molecule has 4 rings (SSSR count). The summed E-state index contributed by atoms with van der Waals surface area (Å²) in [6.45, 7) is 3.14. The van der Waals surface area contributed by atoms with Crippen LogP contribution in [0.4, 0.5) is 0 Å². The Morgan fingerprint density at radius 3 is 2.71 bits per heavy atom. The van der Waals surface area contributed by atoms with Crippen molar-refractivity contribution in [3.63, 3.8) is 0 Å². The molecule has 0 bridgehead atoms. The molecule has 0 spiro atoms. The number of carbonyl (C=O) groups is 2. The van der Waals surface area contributed by atoms with Crippen LogP contribution in [0.2, 0.25) is 0 Å². The van der Waals surface area contributed by atoms with Gasteiger partial charge in [-0.3, -0.25) is 9.59 Å². The van der Waals surface area contributed by atoms with E-state index in [9.17, 15) is 9.59 Å². The Balaban J connectivity index is 1.42. The highest BCUT2D eigenvalue weighted by atomic mass is 16.7. The molecule has 2 saturated carbocycles. The molecule has 3 aliphatic rings. The summed E-state index contributed by atoms with van der Waals surface area (Å²) in [6, 6.07) is 5.99. The van der Waals surface area contributed by atoms with Crippen LogP contribution >= 0.6 is 0 Å². The molecule has 6 heteroatoms. The number of ether oxygens (including phenoxy) is 3. The summed E-state index contributed by atoms with van der Waals surface area (Å²) >= 11 is 0. The van der Waals surface area contributed by atoms with E-state index in [-0.39, 0.29) is 30.5 Å². The quantitative estimate of drug-likeness (QED) is 0.672. The minimum absolute atomic E-state index is 0.0376. The topological polar surface area (TPSA) is 65.1 Å². The van der Waals surface area contributed by atoms with Crippen LogP contribution in [0.1, 0.15) is 51.0 Å². The molecule has 1 aliphatic heterocycles. The SMILES string of the molecule is CCOC(=O)[C@H]1C[C@@H]1CN(C(=O)Cc1ccc2c(c1)OCO2)C1CCCCC1. The van der Waals surface area contributed by atoms with Crippen molar-refractivity contribution in [3.05, 3.63) is 23.8 Å². The number of benzene rings is 1. The van der Waals surface area contributed by atoms with Gasteiger partial charge in [-0.05, 0) is 49.8 Å². The Hall–Kier alpha value is -2.24. The summed E-state index contributed by atoms with van der Waals surface area (Å²) in [5, 5.41) is 0. The van der Waals surface area contributed by atoms with Crippen molar-refractivity contribution in [2.75, 3.05) is 19.9 Å². The van der Waals surface area contributed by atoms with E-state index in [1.54, 1.807) is 0 Å². The van der Waals surface area contributed by atoms with E-state index < -0.39 is 0 Å². The second kappa shape index (κ2) is 8.41. The number of carbonyl (C=O) groups excluding carboxylic acids is 2. The van der Waals surface area contributed by atoms with E-state index in [4.69, 9.17) is 14.2 Å². The average molecular weight is 387 g/mol. The highest BCUT2D eigenvalue weighted by Gasteiger charge is 2.46. The second-order valence-corrected chi connectivity index (χ2v) is 8.06. The second-order valence-electron chi connectivity index (χ2n) is 8.06. The monoisotopic (exact) mass is 387 g/mol. The molecule has 2 fully saturated rings. The van der Waals surface area contributed by atoms with Crippen LogP contribution < -0.4 is 9.47 Å². The minimum Gasteiger partial charge on any atom is -0.466 e. The molecule has 0 aromatic heterocycles. The van der Waals surface area contributed by atoms with Crippen LogP contribution in [0.15, 0.2) is 18.2 Å². The Morgan fingerprint density at radius 1 is 1.14 bits per heavy atom. The predicted octanol–water partition coefficient (Wildman–Crippen LogP) is 3.32. The van der Waals surface area contributed by atoms with Gasteiger partial charge in [-0.15, -0.1) is 0 Å². The zero-order valence-electron chi connectivity index (χ0n) is 16.5. The number of amides is 1.